The predicted molar refractivity (Wildman–Crippen MR) is 95.1 cm³/mol. The van der Waals surface area contributed by atoms with E-state index < -0.39 is 23.8 Å². The molecule has 3 N–H and O–H groups in total. The summed E-state index contributed by atoms with van der Waals surface area (Å²) >= 11 is 0. The van der Waals surface area contributed by atoms with Crippen LogP contribution in [0.4, 0.5) is 14.9 Å². The molecule has 0 aromatic heterocycles. The highest BCUT2D eigenvalue weighted by Gasteiger charge is 2.32. The lowest BCUT2D eigenvalue weighted by Gasteiger charge is -2.29. The van der Waals surface area contributed by atoms with E-state index in [1.807, 2.05) is 0 Å². The van der Waals surface area contributed by atoms with E-state index in [1.54, 1.807) is 43.3 Å². The van der Waals surface area contributed by atoms with Gasteiger partial charge >= 0.3 is 6.03 Å². The van der Waals surface area contributed by atoms with Crippen molar-refractivity contribution >= 4 is 17.6 Å². The summed E-state index contributed by atoms with van der Waals surface area (Å²) in [6, 6.07) is 11.6. The van der Waals surface area contributed by atoms with Crippen LogP contribution < -0.4 is 20.7 Å². The first kappa shape index (κ1) is 17.5. The van der Waals surface area contributed by atoms with Gasteiger partial charge in [0.2, 0.25) is 0 Å². The highest BCUT2D eigenvalue weighted by atomic mass is 19.1. The number of nitrogens with one attached hydrogen (secondary N) is 3. The molecule has 2 aromatic rings. The number of ether oxygens (including phenoxy) is 1. The number of hydrogen-bond donors (Lipinski definition) is 3. The molecule has 7 heteroatoms. The second kappa shape index (κ2) is 7.26. The van der Waals surface area contributed by atoms with Crippen LogP contribution in [0.1, 0.15) is 18.5 Å². The molecule has 1 aliphatic heterocycles. The van der Waals surface area contributed by atoms with Gasteiger partial charge in [0.25, 0.3) is 5.91 Å². The number of carbonyl (C=O) groups excluding carboxylic acids is 2. The van der Waals surface area contributed by atoms with Crippen molar-refractivity contribution in [1.29, 1.82) is 0 Å². The number of para-hydroxylation sites is 2. The van der Waals surface area contributed by atoms with Crippen LogP contribution in [-0.2, 0) is 4.79 Å². The molecule has 0 saturated heterocycles. The highest BCUT2D eigenvalue weighted by Crippen LogP contribution is 2.30. The van der Waals surface area contributed by atoms with Crippen LogP contribution in [0, 0.1) is 5.82 Å². The summed E-state index contributed by atoms with van der Waals surface area (Å²) < 4.78 is 19.5. The Hall–Kier alpha value is -3.35. The number of carbonyl (C=O) groups is 2. The van der Waals surface area contributed by atoms with Crippen LogP contribution in [-0.4, -0.2) is 19.0 Å². The number of urea groups is 1. The Morgan fingerprint density at radius 2 is 1.85 bits per heavy atom. The van der Waals surface area contributed by atoms with Crippen molar-refractivity contribution in [3.05, 3.63) is 71.2 Å². The lowest BCUT2D eigenvalue weighted by molar-refractivity contribution is -0.113. The van der Waals surface area contributed by atoms with E-state index in [-0.39, 0.29) is 11.1 Å². The molecule has 26 heavy (non-hydrogen) atoms. The molecule has 3 rings (SSSR count). The van der Waals surface area contributed by atoms with E-state index >= 15 is 0 Å². The number of methoxy groups -OCH3 is 1. The molecule has 0 saturated carbocycles. The second-order valence-corrected chi connectivity index (χ2v) is 5.75. The van der Waals surface area contributed by atoms with E-state index in [9.17, 15) is 14.0 Å². The van der Waals surface area contributed by atoms with Crippen molar-refractivity contribution in [1.82, 2.24) is 10.6 Å². The zero-order chi connectivity index (χ0) is 18.7. The highest BCUT2D eigenvalue weighted by molar-refractivity contribution is 6.07. The first-order valence-electron chi connectivity index (χ1n) is 7.98. The largest absolute Gasteiger partial charge is 0.495 e. The maximum Gasteiger partial charge on any atom is 0.319 e. The van der Waals surface area contributed by atoms with Gasteiger partial charge in [0, 0.05) is 11.3 Å². The van der Waals surface area contributed by atoms with Gasteiger partial charge < -0.3 is 20.7 Å². The topological polar surface area (TPSA) is 79.5 Å². The summed E-state index contributed by atoms with van der Waals surface area (Å²) in [6.07, 6.45) is 0. The Labute approximate surface area is 150 Å². The number of benzene rings is 2. The van der Waals surface area contributed by atoms with E-state index in [4.69, 9.17) is 4.74 Å². The van der Waals surface area contributed by atoms with Gasteiger partial charge in [-0.3, -0.25) is 4.79 Å². The minimum absolute atomic E-state index is 0.215. The Balaban J connectivity index is 1.99. The lowest BCUT2D eigenvalue weighted by atomic mass is 9.94. The third kappa shape index (κ3) is 3.37. The Bertz CT molecular complexity index is 895. The van der Waals surface area contributed by atoms with Crippen molar-refractivity contribution in [2.75, 3.05) is 12.4 Å². The van der Waals surface area contributed by atoms with Crippen molar-refractivity contribution in [3.8, 4) is 5.75 Å². The summed E-state index contributed by atoms with van der Waals surface area (Å²) in [5, 5.41) is 7.93. The molecule has 0 unspecified atom stereocenters. The average Bonchev–Trinajstić information content (AvgIpc) is 2.61. The summed E-state index contributed by atoms with van der Waals surface area (Å²) in [7, 11) is 1.50. The minimum Gasteiger partial charge on any atom is -0.495 e. The maximum atomic E-state index is 14.3. The van der Waals surface area contributed by atoms with E-state index in [0.29, 0.717) is 17.1 Å². The van der Waals surface area contributed by atoms with Gasteiger partial charge in [-0.25, -0.2) is 9.18 Å². The first-order valence-corrected chi connectivity index (χ1v) is 7.98. The van der Waals surface area contributed by atoms with Gasteiger partial charge in [0.05, 0.1) is 24.4 Å². The number of amides is 3. The standard InChI is InChI=1S/C19H18FN3O3/c1-11-16(18(24)22-14-9-5-6-10-15(14)26-2)17(23-19(25)21-11)12-7-3-4-8-13(12)20/h3-10,17H,1-2H3,(H,22,24)(H2,21,23,25)/t17-/m1/s1. The third-order valence-corrected chi connectivity index (χ3v) is 4.09. The van der Waals surface area contributed by atoms with Crippen LogP contribution in [0.25, 0.3) is 0 Å². The number of anilines is 1. The Morgan fingerprint density at radius 1 is 1.15 bits per heavy atom. The SMILES string of the molecule is COc1ccccc1NC(=O)C1=C(C)NC(=O)N[C@@H]1c1ccccc1F. The van der Waals surface area contributed by atoms with Gasteiger partial charge in [0.15, 0.2) is 0 Å². The molecular formula is C19H18FN3O3. The van der Waals surface area contributed by atoms with Crippen LogP contribution in [0.15, 0.2) is 59.8 Å². The fraction of sp³-hybridized carbons (Fsp3) is 0.158. The molecular weight excluding hydrogens is 337 g/mol. The molecule has 1 aliphatic rings. The maximum absolute atomic E-state index is 14.3. The monoisotopic (exact) mass is 355 g/mol. The van der Waals surface area contributed by atoms with Crippen LogP contribution in [0.3, 0.4) is 0 Å². The summed E-state index contributed by atoms with van der Waals surface area (Å²) in [6.45, 7) is 1.60. The molecule has 6 nitrogen and oxygen atoms in total. The molecule has 0 aliphatic carbocycles. The smallest absolute Gasteiger partial charge is 0.319 e. The average molecular weight is 355 g/mol. The molecule has 1 heterocycles. The van der Waals surface area contributed by atoms with E-state index in [2.05, 4.69) is 16.0 Å². The summed E-state index contributed by atoms with van der Waals surface area (Å²) in [4.78, 5) is 24.8. The van der Waals surface area contributed by atoms with Crippen LogP contribution in [0.5, 0.6) is 5.75 Å². The number of allylic oxidation sites excluding steroid dienone is 1. The fourth-order valence-corrected chi connectivity index (χ4v) is 2.87. The predicted octanol–water partition coefficient (Wildman–Crippen LogP) is 3.10. The molecule has 134 valence electrons. The van der Waals surface area contributed by atoms with E-state index in [1.165, 1.54) is 19.2 Å². The second-order valence-electron chi connectivity index (χ2n) is 5.75. The summed E-state index contributed by atoms with van der Waals surface area (Å²) in [5.41, 5.74) is 1.27. The molecule has 1 atom stereocenters. The van der Waals surface area contributed by atoms with Crippen molar-refractivity contribution < 1.29 is 18.7 Å². The Morgan fingerprint density at radius 3 is 2.58 bits per heavy atom. The zero-order valence-corrected chi connectivity index (χ0v) is 14.3. The first-order chi connectivity index (χ1) is 12.5. The quantitative estimate of drug-likeness (QED) is 0.788. The van der Waals surface area contributed by atoms with Crippen LogP contribution in [0.2, 0.25) is 0 Å². The number of hydrogen-bond acceptors (Lipinski definition) is 3. The number of halogens is 1. The molecule has 0 radical (unpaired) electrons. The normalized spacial score (nSPS) is 16.6. The molecule has 2 aromatic carbocycles. The minimum atomic E-state index is -0.903. The Kier molecular flexibility index (Phi) is 4.88. The van der Waals surface area contributed by atoms with Gasteiger partial charge in [-0.05, 0) is 25.1 Å². The molecule has 0 bridgehead atoms. The number of rotatable bonds is 4. The van der Waals surface area contributed by atoms with Gasteiger partial charge in [-0.15, -0.1) is 0 Å². The van der Waals surface area contributed by atoms with Crippen molar-refractivity contribution in [3.63, 3.8) is 0 Å². The van der Waals surface area contributed by atoms with Gasteiger partial charge in [-0.1, -0.05) is 30.3 Å². The molecule has 3 amide bonds. The summed E-state index contributed by atoms with van der Waals surface area (Å²) in [5.74, 6) is -0.475. The lowest BCUT2D eigenvalue weighted by Crippen LogP contribution is -2.46. The van der Waals surface area contributed by atoms with Crippen molar-refractivity contribution in [2.45, 2.75) is 13.0 Å². The van der Waals surface area contributed by atoms with Gasteiger partial charge in [-0.2, -0.15) is 0 Å². The van der Waals surface area contributed by atoms with Gasteiger partial charge in [0.1, 0.15) is 11.6 Å². The van der Waals surface area contributed by atoms with Crippen molar-refractivity contribution in [2.24, 2.45) is 0 Å². The zero-order valence-electron chi connectivity index (χ0n) is 14.3. The molecule has 0 fully saturated rings. The fourth-order valence-electron chi connectivity index (χ4n) is 2.87. The molecule has 0 spiro atoms. The van der Waals surface area contributed by atoms with Crippen LogP contribution >= 0.6 is 0 Å². The third-order valence-electron chi connectivity index (χ3n) is 4.09. The van der Waals surface area contributed by atoms with E-state index in [0.717, 1.165) is 0 Å².